The Morgan fingerprint density at radius 3 is 2.75 bits per heavy atom. The first-order valence-corrected chi connectivity index (χ1v) is 8.18. The van der Waals surface area contributed by atoms with Crippen molar-refractivity contribution >= 4 is 45.6 Å². The van der Waals surface area contributed by atoms with Crippen molar-refractivity contribution < 1.29 is 14.7 Å². The molecule has 0 saturated heterocycles. The second-order valence-corrected chi connectivity index (χ2v) is 5.88. The summed E-state index contributed by atoms with van der Waals surface area (Å²) in [6.45, 7) is 0. The molecule has 0 aliphatic carbocycles. The summed E-state index contributed by atoms with van der Waals surface area (Å²) in [6, 6.07) is 6.62. The lowest BCUT2D eigenvalue weighted by atomic mass is 10.2. The zero-order chi connectivity index (χ0) is 15.0. The van der Waals surface area contributed by atoms with Crippen molar-refractivity contribution in [2.24, 2.45) is 0 Å². The molecule has 0 aliphatic heterocycles. The summed E-state index contributed by atoms with van der Waals surface area (Å²) in [6.07, 6.45) is 5.29. The topological polar surface area (TPSA) is 66.4 Å². The number of aliphatic carboxylic acids is 1. The number of carbonyl (C=O) groups excluding carboxylic acids is 1. The molecule has 1 atom stereocenters. The Morgan fingerprint density at radius 1 is 1.45 bits per heavy atom. The first-order chi connectivity index (χ1) is 9.54. The van der Waals surface area contributed by atoms with Crippen LogP contribution in [0.4, 0.5) is 0 Å². The molecule has 0 unspecified atom stereocenters. The fourth-order valence-electron chi connectivity index (χ4n) is 1.49. The minimum atomic E-state index is -1.01. The number of nitrogens with one attached hydrogen (secondary N) is 1. The van der Waals surface area contributed by atoms with Crippen molar-refractivity contribution in [2.75, 3.05) is 12.0 Å². The molecule has 2 N–H and O–H groups in total. The van der Waals surface area contributed by atoms with Gasteiger partial charge in [0.05, 0.1) is 0 Å². The number of carbonyl (C=O) groups is 2. The van der Waals surface area contributed by atoms with E-state index in [1.54, 1.807) is 17.8 Å². The molecule has 20 heavy (non-hydrogen) atoms. The lowest BCUT2D eigenvalue weighted by Crippen LogP contribution is -2.40. The predicted molar refractivity (Wildman–Crippen MR) is 85.7 cm³/mol. The molecule has 0 heterocycles. The molecule has 0 aliphatic rings. The number of carboxylic acid groups (broad SMARTS) is 1. The van der Waals surface area contributed by atoms with Crippen LogP contribution in [0.3, 0.4) is 0 Å². The first kappa shape index (κ1) is 16.8. The molecule has 4 nitrogen and oxygen atoms in total. The molecule has 0 bridgehead atoms. The van der Waals surface area contributed by atoms with Crippen LogP contribution < -0.4 is 5.32 Å². The Hall–Kier alpha value is -1.27. The number of amides is 1. The van der Waals surface area contributed by atoms with E-state index >= 15 is 0 Å². The van der Waals surface area contributed by atoms with Gasteiger partial charge >= 0.3 is 5.97 Å². The molecule has 0 radical (unpaired) electrons. The molecule has 0 fully saturated rings. The average Bonchev–Trinajstić information content (AvgIpc) is 2.42. The zero-order valence-electron chi connectivity index (χ0n) is 11.0. The van der Waals surface area contributed by atoms with E-state index in [9.17, 15) is 9.59 Å². The third-order valence-corrected chi connectivity index (χ3v) is 3.91. The molecule has 1 rings (SSSR count). The maximum absolute atomic E-state index is 11.7. The van der Waals surface area contributed by atoms with Crippen molar-refractivity contribution in [1.82, 2.24) is 5.32 Å². The van der Waals surface area contributed by atoms with Gasteiger partial charge in [-0.3, -0.25) is 4.79 Å². The van der Waals surface area contributed by atoms with Gasteiger partial charge in [-0.15, -0.1) is 0 Å². The van der Waals surface area contributed by atoms with Gasteiger partial charge in [-0.05, 0) is 36.1 Å². The number of halogens is 1. The van der Waals surface area contributed by atoms with Crippen LogP contribution in [0.5, 0.6) is 0 Å². The molecule has 108 valence electrons. The van der Waals surface area contributed by atoms with Crippen LogP contribution >= 0.6 is 27.7 Å². The summed E-state index contributed by atoms with van der Waals surface area (Å²) in [7, 11) is 0. The number of hydrogen-bond donors (Lipinski definition) is 2. The minimum Gasteiger partial charge on any atom is -0.480 e. The monoisotopic (exact) mass is 357 g/mol. The molecule has 0 aromatic heterocycles. The van der Waals surface area contributed by atoms with Crippen LogP contribution in [0.2, 0.25) is 0 Å². The Bertz CT molecular complexity index is 505. The Kier molecular flexibility index (Phi) is 7.40. The van der Waals surface area contributed by atoms with Crippen molar-refractivity contribution in [2.45, 2.75) is 12.5 Å². The normalized spacial score (nSPS) is 12.3. The fourth-order valence-corrected chi connectivity index (χ4v) is 2.38. The van der Waals surface area contributed by atoms with E-state index in [0.717, 1.165) is 10.0 Å². The van der Waals surface area contributed by atoms with E-state index in [0.29, 0.717) is 12.2 Å². The number of hydrogen-bond acceptors (Lipinski definition) is 3. The van der Waals surface area contributed by atoms with Gasteiger partial charge in [0.15, 0.2) is 0 Å². The number of benzene rings is 1. The highest BCUT2D eigenvalue weighted by Crippen LogP contribution is 2.16. The van der Waals surface area contributed by atoms with Crippen molar-refractivity contribution in [3.8, 4) is 0 Å². The van der Waals surface area contributed by atoms with Crippen LogP contribution in [0.1, 0.15) is 12.0 Å². The summed E-state index contributed by atoms with van der Waals surface area (Å²) >= 11 is 4.92. The summed E-state index contributed by atoms with van der Waals surface area (Å²) in [4.78, 5) is 22.7. The van der Waals surface area contributed by atoms with Gasteiger partial charge in [0.25, 0.3) is 0 Å². The highest BCUT2D eigenvalue weighted by Gasteiger charge is 2.17. The summed E-state index contributed by atoms with van der Waals surface area (Å²) in [5.74, 6) is -0.735. The van der Waals surface area contributed by atoms with Crippen molar-refractivity contribution in [3.05, 3.63) is 40.4 Å². The average molecular weight is 358 g/mol. The van der Waals surface area contributed by atoms with Gasteiger partial charge in [-0.25, -0.2) is 4.79 Å². The zero-order valence-corrected chi connectivity index (χ0v) is 13.4. The van der Waals surface area contributed by atoms with Crippen LogP contribution in [-0.2, 0) is 9.59 Å². The second kappa shape index (κ2) is 8.81. The van der Waals surface area contributed by atoms with Gasteiger partial charge in [-0.1, -0.05) is 34.1 Å². The van der Waals surface area contributed by atoms with Crippen LogP contribution in [0, 0.1) is 0 Å². The molecule has 1 amide bonds. The van der Waals surface area contributed by atoms with Crippen LogP contribution in [0.25, 0.3) is 6.08 Å². The largest absolute Gasteiger partial charge is 0.480 e. The lowest BCUT2D eigenvalue weighted by Gasteiger charge is -2.12. The second-order valence-electron chi connectivity index (χ2n) is 4.04. The maximum atomic E-state index is 11.7. The van der Waals surface area contributed by atoms with Gasteiger partial charge < -0.3 is 10.4 Å². The Labute approximate surface area is 130 Å². The van der Waals surface area contributed by atoms with Gasteiger partial charge in [-0.2, -0.15) is 11.8 Å². The molecule has 6 heteroatoms. The van der Waals surface area contributed by atoms with E-state index in [4.69, 9.17) is 5.11 Å². The molecular formula is C14H16BrNO3S. The van der Waals surface area contributed by atoms with Crippen molar-refractivity contribution in [3.63, 3.8) is 0 Å². The standard InChI is InChI=1S/C14H16BrNO3S/c1-20-9-8-12(14(18)19)16-13(17)7-6-10-4-2-3-5-11(10)15/h2-7,12H,8-9H2,1H3,(H,16,17)(H,18,19)/b7-6+/t12-/m0/s1. The Balaban J connectivity index is 2.61. The van der Waals surface area contributed by atoms with E-state index in [2.05, 4.69) is 21.2 Å². The molecule has 1 aromatic carbocycles. The smallest absolute Gasteiger partial charge is 0.326 e. The highest BCUT2D eigenvalue weighted by molar-refractivity contribution is 9.10. The van der Waals surface area contributed by atoms with E-state index in [1.807, 2.05) is 30.5 Å². The molecule has 0 spiro atoms. The molecule has 0 saturated carbocycles. The predicted octanol–water partition coefficient (Wildman–Crippen LogP) is 2.78. The van der Waals surface area contributed by atoms with Gasteiger partial charge in [0.1, 0.15) is 6.04 Å². The minimum absolute atomic E-state index is 0.408. The first-order valence-electron chi connectivity index (χ1n) is 5.99. The van der Waals surface area contributed by atoms with Crippen LogP contribution in [-0.4, -0.2) is 35.0 Å². The SMILES string of the molecule is CSCC[C@H](NC(=O)/C=C/c1ccccc1Br)C(=O)O. The van der Waals surface area contributed by atoms with E-state index in [-0.39, 0.29) is 0 Å². The molecular weight excluding hydrogens is 342 g/mol. The Morgan fingerprint density at radius 2 is 2.15 bits per heavy atom. The third-order valence-electron chi connectivity index (χ3n) is 2.54. The third kappa shape index (κ3) is 5.79. The highest BCUT2D eigenvalue weighted by atomic mass is 79.9. The fraction of sp³-hybridized carbons (Fsp3) is 0.286. The van der Waals surface area contributed by atoms with Crippen molar-refractivity contribution in [1.29, 1.82) is 0 Å². The number of rotatable bonds is 7. The molecule has 1 aromatic rings. The lowest BCUT2D eigenvalue weighted by molar-refractivity contribution is -0.141. The van der Waals surface area contributed by atoms with Gasteiger partial charge in [0.2, 0.25) is 5.91 Å². The number of thioether (sulfide) groups is 1. The van der Waals surface area contributed by atoms with E-state index in [1.165, 1.54) is 6.08 Å². The summed E-state index contributed by atoms with van der Waals surface area (Å²) < 4.78 is 0.876. The summed E-state index contributed by atoms with van der Waals surface area (Å²) in [5, 5.41) is 11.5. The summed E-state index contributed by atoms with van der Waals surface area (Å²) in [5.41, 5.74) is 0.860. The van der Waals surface area contributed by atoms with E-state index < -0.39 is 17.9 Å². The number of carboxylic acids is 1. The maximum Gasteiger partial charge on any atom is 0.326 e. The van der Waals surface area contributed by atoms with Gasteiger partial charge in [0, 0.05) is 10.5 Å². The van der Waals surface area contributed by atoms with Crippen LogP contribution in [0.15, 0.2) is 34.8 Å². The quantitative estimate of drug-likeness (QED) is 0.736.